The highest BCUT2D eigenvalue weighted by Crippen LogP contribution is 2.40. The van der Waals surface area contributed by atoms with Gasteiger partial charge in [-0.2, -0.15) is 18.2 Å². The lowest BCUT2D eigenvalue weighted by molar-refractivity contribution is -0.139. The van der Waals surface area contributed by atoms with Crippen LogP contribution < -0.4 is 25.4 Å². The smallest absolute Gasteiger partial charge is 0.423 e. The first-order valence-corrected chi connectivity index (χ1v) is 19.1. The molecule has 1 aromatic heterocycles. The van der Waals surface area contributed by atoms with Crippen LogP contribution in [0.5, 0.6) is 17.4 Å². The van der Waals surface area contributed by atoms with Gasteiger partial charge in [0.25, 0.3) is 17.7 Å². The Labute approximate surface area is 340 Å². The van der Waals surface area contributed by atoms with Crippen molar-refractivity contribution in [3.8, 4) is 17.4 Å². The number of nitrogens with one attached hydrogen (secondary N) is 3. The van der Waals surface area contributed by atoms with E-state index in [0.29, 0.717) is 49.8 Å². The molecule has 5 amide bonds. The summed E-state index contributed by atoms with van der Waals surface area (Å²) in [7, 11) is 2.82. The van der Waals surface area contributed by atoms with Gasteiger partial charge in [0.1, 0.15) is 28.9 Å². The van der Waals surface area contributed by atoms with E-state index in [1.807, 2.05) is 6.07 Å². The highest BCUT2D eigenvalue weighted by Gasteiger charge is 2.41. The van der Waals surface area contributed by atoms with Crippen LogP contribution in [0, 0.1) is 5.82 Å². The number of nitrogens with zero attached hydrogens (tertiary/aromatic N) is 5. The summed E-state index contributed by atoms with van der Waals surface area (Å²) in [6.45, 7) is 2.23. The van der Waals surface area contributed by atoms with E-state index < -0.39 is 53.1 Å². The van der Waals surface area contributed by atoms with Crippen molar-refractivity contribution in [2.24, 2.45) is 0 Å². The van der Waals surface area contributed by atoms with Crippen LogP contribution in [0.15, 0.2) is 54.7 Å². The second-order valence-corrected chi connectivity index (χ2v) is 15.0. The molecule has 3 N–H and O–H groups in total. The molecule has 2 saturated heterocycles. The molecule has 5 heterocycles. The van der Waals surface area contributed by atoms with Crippen LogP contribution in [0.1, 0.15) is 79.0 Å². The third-order valence-corrected chi connectivity index (χ3v) is 11.1. The number of carbonyl (C=O) groups excluding carboxylic acids is 5. The molecule has 0 saturated carbocycles. The Bertz CT molecular complexity index is 2440. The topological polar surface area (TPSA) is 175 Å². The maximum atomic E-state index is 15.6. The van der Waals surface area contributed by atoms with Gasteiger partial charge in [-0.1, -0.05) is 24.3 Å². The van der Waals surface area contributed by atoms with E-state index in [0.717, 1.165) is 23.3 Å². The number of aromatic nitrogens is 2. The van der Waals surface area contributed by atoms with Gasteiger partial charge in [0, 0.05) is 70.1 Å². The fourth-order valence-corrected chi connectivity index (χ4v) is 8.01. The van der Waals surface area contributed by atoms with Gasteiger partial charge >= 0.3 is 6.18 Å². The number of hydrogen-bond donors (Lipinski definition) is 3. The molecule has 19 heteroatoms. The van der Waals surface area contributed by atoms with Gasteiger partial charge in [-0.15, -0.1) is 0 Å². The number of halogens is 4. The molecule has 1 atom stereocenters. The Morgan fingerprint density at radius 1 is 0.983 bits per heavy atom. The van der Waals surface area contributed by atoms with E-state index in [-0.39, 0.29) is 72.1 Å². The van der Waals surface area contributed by atoms with E-state index in [4.69, 9.17) is 9.47 Å². The standard InChI is InChI=1S/C41H38F4N8O7/c1-51-18-22-6-4-8-31(34(22)39(51)58)60-37-27(41(43,44)45)17-46-40(50-37)48-29-16-28(42)25(15-32(29)59-2)35(55)47-23-11-13-52(14-12-23)19-21-5-3-7-24-26(21)20-53(38(24)57)30-9-10-33(54)49-36(30)56/h3-8,15-17,23,30H,9-14,18-20H2,1-2H3,(H,47,55)(H,46,48,50)(H,49,54,56). The molecule has 4 aliphatic heterocycles. The molecule has 8 rings (SSSR count). The summed E-state index contributed by atoms with van der Waals surface area (Å²) < 4.78 is 68.7. The zero-order valence-corrected chi connectivity index (χ0v) is 32.3. The van der Waals surface area contributed by atoms with Crippen molar-refractivity contribution in [1.82, 2.24) is 35.3 Å². The fourth-order valence-electron chi connectivity index (χ4n) is 8.01. The number of likely N-dealkylation sites (tertiary alicyclic amines) is 1. The number of alkyl halides is 3. The van der Waals surface area contributed by atoms with Gasteiger partial charge in [-0.05, 0) is 54.2 Å². The van der Waals surface area contributed by atoms with Crippen molar-refractivity contribution >= 4 is 41.2 Å². The van der Waals surface area contributed by atoms with E-state index >= 15 is 4.39 Å². The molecule has 312 valence electrons. The van der Waals surface area contributed by atoms with Crippen molar-refractivity contribution in [3.63, 3.8) is 0 Å². The molecule has 0 aliphatic carbocycles. The molecule has 1 unspecified atom stereocenters. The van der Waals surface area contributed by atoms with Gasteiger partial charge < -0.3 is 29.9 Å². The average Bonchev–Trinajstić information content (AvgIpc) is 3.70. The van der Waals surface area contributed by atoms with E-state index in [1.165, 1.54) is 23.0 Å². The number of amides is 5. The minimum atomic E-state index is -4.92. The Morgan fingerprint density at radius 2 is 1.75 bits per heavy atom. The lowest BCUT2D eigenvalue weighted by Crippen LogP contribution is -2.52. The number of piperidine rings is 2. The number of rotatable bonds is 10. The third-order valence-electron chi connectivity index (χ3n) is 11.1. The quantitative estimate of drug-likeness (QED) is 0.146. The van der Waals surface area contributed by atoms with Crippen LogP contribution in [0.2, 0.25) is 0 Å². The Kier molecular flexibility index (Phi) is 10.6. The molecule has 0 radical (unpaired) electrons. The first kappa shape index (κ1) is 40.2. The molecule has 2 fully saturated rings. The number of methoxy groups -OCH3 is 1. The highest BCUT2D eigenvalue weighted by molar-refractivity contribution is 6.05. The predicted octanol–water partition coefficient (Wildman–Crippen LogP) is 4.92. The maximum Gasteiger partial charge on any atom is 0.423 e. The lowest BCUT2D eigenvalue weighted by Gasteiger charge is -2.33. The molecule has 15 nitrogen and oxygen atoms in total. The van der Waals surface area contributed by atoms with Gasteiger partial charge in [-0.25, -0.2) is 9.37 Å². The van der Waals surface area contributed by atoms with Crippen molar-refractivity contribution in [2.45, 2.75) is 63.6 Å². The minimum absolute atomic E-state index is 0.0260. The fraction of sp³-hybridized carbons (Fsp3) is 0.341. The van der Waals surface area contributed by atoms with E-state index in [2.05, 4.69) is 30.8 Å². The molecule has 0 spiro atoms. The monoisotopic (exact) mass is 830 g/mol. The number of benzene rings is 3. The summed E-state index contributed by atoms with van der Waals surface area (Å²) >= 11 is 0. The second-order valence-electron chi connectivity index (χ2n) is 15.0. The summed E-state index contributed by atoms with van der Waals surface area (Å²) in [6.07, 6.45) is -2.89. The van der Waals surface area contributed by atoms with Gasteiger partial charge in [0.2, 0.25) is 23.6 Å². The number of hydrogen-bond acceptors (Lipinski definition) is 11. The number of carbonyl (C=O) groups is 5. The Hall–Kier alpha value is -6.63. The summed E-state index contributed by atoms with van der Waals surface area (Å²) in [5.74, 6) is -4.59. The molecular formula is C41H38F4N8O7. The van der Waals surface area contributed by atoms with Crippen molar-refractivity contribution in [1.29, 1.82) is 0 Å². The highest BCUT2D eigenvalue weighted by atomic mass is 19.4. The molecule has 4 aromatic rings. The number of fused-ring (bicyclic) bond motifs is 2. The van der Waals surface area contributed by atoms with Crippen molar-refractivity contribution in [2.75, 3.05) is 32.6 Å². The molecule has 3 aromatic carbocycles. The van der Waals surface area contributed by atoms with Crippen LogP contribution in [0.3, 0.4) is 0 Å². The number of ether oxygens (including phenoxy) is 2. The van der Waals surface area contributed by atoms with Crippen LogP contribution in [0.25, 0.3) is 0 Å². The van der Waals surface area contributed by atoms with Crippen molar-refractivity contribution < 1.29 is 51.0 Å². The second kappa shape index (κ2) is 15.9. The zero-order chi connectivity index (χ0) is 42.5. The van der Waals surface area contributed by atoms with Crippen LogP contribution in [-0.4, -0.2) is 93.5 Å². The van der Waals surface area contributed by atoms with Crippen LogP contribution in [0.4, 0.5) is 29.2 Å². The molecule has 0 bridgehead atoms. The van der Waals surface area contributed by atoms with Gasteiger partial charge in [0.15, 0.2) is 0 Å². The minimum Gasteiger partial charge on any atom is -0.495 e. The Balaban J connectivity index is 0.913. The molecule has 60 heavy (non-hydrogen) atoms. The predicted molar refractivity (Wildman–Crippen MR) is 204 cm³/mol. The van der Waals surface area contributed by atoms with E-state index in [1.54, 1.807) is 31.3 Å². The molecule has 4 aliphatic rings. The first-order chi connectivity index (χ1) is 28.7. The van der Waals surface area contributed by atoms with Crippen LogP contribution in [-0.2, 0) is 35.4 Å². The SMILES string of the molecule is COc1cc(C(=O)NC2CCN(Cc3cccc4c3CN(C3CCC(=O)NC3=O)C4=O)CC2)c(F)cc1Nc1ncc(C(F)(F)F)c(Oc2cccc3c2C(=O)N(C)C3)n1. The van der Waals surface area contributed by atoms with Gasteiger partial charge in [0.05, 0.1) is 23.9 Å². The summed E-state index contributed by atoms with van der Waals surface area (Å²) in [6, 6.07) is 11.2. The number of imide groups is 1. The summed E-state index contributed by atoms with van der Waals surface area (Å²) in [5.41, 5.74) is 1.27. The summed E-state index contributed by atoms with van der Waals surface area (Å²) in [5, 5.41) is 7.85. The van der Waals surface area contributed by atoms with Crippen molar-refractivity contribution in [3.05, 3.63) is 99.5 Å². The Morgan fingerprint density at radius 3 is 2.48 bits per heavy atom. The van der Waals surface area contributed by atoms with E-state index in [9.17, 15) is 37.1 Å². The lowest BCUT2D eigenvalue weighted by atomic mass is 10.00. The van der Waals surface area contributed by atoms with Crippen LogP contribution >= 0.6 is 0 Å². The number of anilines is 2. The zero-order valence-electron chi connectivity index (χ0n) is 32.3. The largest absolute Gasteiger partial charge is 0.495 e. The summed E-state index contributed by atoms with van der Waals surface area (Å²) in [4.78, 5) is 76.3. The van der Waals surface area contributed by atoms with Gasteiger partial charge in [-0.3, -0.25) is 34.2 Å². The maximum absolute atomic E-state index is 15.6. The normalized spacial score (nSPS) is 18.3. The average molecular weight is 831 g/mol. The molecular weight excluding hydrogens is 792 g/mol. The first-order valence-electron chi connectivity index (χ1n) is 19.1. The third kappa shape index (κ3) is 7.79.